The predicted molar refractivity (Wildman–Crippen MR) is 39.4 cm³/mol. The molecule has 0 atom stereocenters. The van der Waals surface area contributed by atoms with Crippen molar-refractivity contribution in [2.45, 2.75) is 31.2 Å². The predicted octanol–water partition coefficient (Wildman–Crippen LogP) is 2.46. The lowest BCUT2D eigenvalue weighted by Gasteiger charge is -2.33. The van der Waals surface area contributed by atoms with Crippen LogP contribution in [0.1, 0.15) is 24.5 Å². The average molecular weight is 207 g/mol. The second-order valence-electron chi connectivity index (χ2n) is 3.28. The summed E-state index contributed by atoms with van der Waals surface area (Å²) in [6, 6.07) is 1.66. The Morgan fingerprint density at radius 2 is 2.14 bits per heavy atom. The van der Waals surface area contributed by atoms with Crippen LogP contribution in [0.3, 0.4) is 0 Å². The van der Waals surface area contributed by atoms with Gasteiger partial charge in [0.25, 0.3) is 0 Å². The van der Waals surface area contributed by atoms with Crippen LogP contribution in [-0.4, -0.2) is 17.6 Å². The number of aromatic nitrogens is 1. The molecule has 0 bridgehead atoms. The van der Waals surface area contributed by atoms with E-state index in [0.717, 1.165) is 0 Å². The first-order chi connectivity index (χ1) is 6.54. The molecule has 78 valence electrons. The van der Waals surface area contributed by atoms with Gasteiger partial charge in [-0.1, -0.05) is 5.16 Å². The molecule has 0 amide bonds. The highest BCUT2D eigenvalue weighted by molar-refractivity contribution is 5.09. The Bertz CT molecular complexity index is 290. The Morgan fingerprint density at radius 3 is 2.64 bits per heavy atom. The Labute approximate surface area is 77.8 Å². The maximum atomic E-state index is 11.7. The maximum Gasteiger partial charge on any atom is 0.522 e. The van der Waals surface area contributed by atoms with Crippen LogP contribution in [0.5, 0.6) is 0 Å². The zero-order valence-corrected chi connectivity index (χ0v) is 7.12. The van der Waals surface area contributed by atoms with Crippen molar-refractivity contribution in [3.63, 3.8) is 0 Å². The highest BCUT2D eigenvalue weighted by Crippen LogP contribution is 2.40. The molecule has 1 saturated carbocycles. The number of hydrogen-bond donors (Lipinski definition) is 0. The fourth-order valence-corrected chi connectivity index (χ4v) is 1.52. The van der Waals surface area contributed by atoms with E-state index < -0.39 is 12.5 Å². The molecule has 1 aliphatic rings. The molecule has 6 heteroatoms. The largest absolute Gasteiger partial charge is 0.522 e. The molecule has 1 aromatic rings. The van der Waals surface area contributed by atoms with E-state index in [9.17, 15) is 13.2 Å². The first-order valence-electron chi connectivity index (χ1n) is 4.19. The fraction of sp³-hybridized carbons (Fsp3) is 0.625. The van der Waals surface area contributed by atoms with E-state index in [1.807, 2.05) is 0 Å². The van der Waals surface area contributed by atoms with Gasteiger partial charge in [0.05, 0.1) is 11.8 Å². The van der Waals surface area contributed by atoms with Gasteiger partial charge in [0, 0.05) is 12.0 Å². The van der Waals surface area contributed by atoms with Gasteiger partial charge in [-0.15, -0.1) is 13.2 Å². The van der Waals surface area contributed by atoms with Crippen LogP contribution in [0.4, 0.5) is 13.2 Å². The Balaban J connectivity index is 1.80. The standard InChI is InChI=1S/C8H8F3NO2/c9-8(10,11)14-6-3-5(4-6)7-1-2-13-12-7/h1-2,5-6H,3-4H2. The van der Waals surface area contributed by atoms with Gasteiger partial charge >= 0.3 is 6.36 Å². The summed E-state index contributed by atoms with van der Waals surface area (Å²) in [6.45, 7) is 0. The van der Waals surface area contributed by atoms with Crippen molar-refractivity contribution in [3.05, 3.63) is 18.0 Å². The molecule has 0 aliphatic heterocycles. The van der Waals surface area contributed by atoms with Crippen molar-refractivity contribution >= 4 is 0 Å². The van der Waals surface area contributed by atoms with Crippen LogP contribution in [0, 0.1) is 0 Å². The Kier molecular flexibility index (Phi) is 2.22. The Hall–Kier alpha value is -1.04. The van der Waals surface area contributed by atoms with Crippen LogP contribution in [0.15, 0.2) is 16.9 Å². The monoisotopic (exact) mass is 207 g/mol. The van der Waals surface area contributed by atoms with E-state index in [2.05, 4.69) is 14.4 Å². The number of ether oxygens (including phenoxy) is 1. The topological polar surface area (TPSA) is 35.3 Å². The Morgan fingerprint density at radius 1 is 1.43 bits per heavy atom. The summed E-state index contributed by atoms with van der Waals surface area (Å²) in [5, 5.41) is 3.66. The number of nitrogens with zero attached hydrogens (tertiary/aromatic N) is 1. The highest BCUT2D eigenvalue weighted by Gasteiger charge is 2.41. The number of halogens is 3. The minimum atomic E-state index is -4.53. The molecule has 3 nitrogen and oxygen atoms in total. The van der Waals surface area contributed by atoms with Gasteiger partial charge < -0.3 is 4.52 Å². The number of rotatable bonds is 2. The lowest BCUT2D eigenvalue weighted by molar-refractivity contribution is -0.351. The van der Waals surface area contributed by atoms with E-state index >= 15 is 0 Å². The third-order valence-corrected chi connectivity index (χ3v) is 2.27. The number of hydrogen-bond acceptors (Lipinski definition) is 3. The van der Waals surface area contributed by atoms with E-state index in [1.165, 1.54) is 6.26 Å². The lowest BCUT2D eigenvalue weighted by Crippen LogP contribution is -2.34. The molecule has 0 spiro atoms. The van der Waals surface area contributed by atoms with Gasteiger partial charge in [0.1, 0.15) is 6.26 Å². The van der Waals surface area contributed by atoms with Crippen LogP contribution in [0.25, 0.3) is 0 Å². The van der Waals surface area contributed by atoms with E-state index in [-0.39, 0.29) is 5.92 Å². The lowest BCUT2D eigenvalue weighted by atomic mass is 9.80. The summed E-state index contributed by atoms with van der Waals surface area (Å²) < 4.78 is 43.7. The molecular formula is C8H8F3NO2. The second kappa shape index (κ2) is 3.27. The van der Waals surface area contributed by atoms with Crippen LogP contribution >= 0.6 is 0 Å². The van der Waals surface area contributed by atoms with Gasteiger partial charge in [-0.25, -0.2) is 0 Å². The van der Waals surface area contributed by atoms with Gasteiger partial charge in [0.15, 0.2) is 0 Å². The summed E-state index contributed by atoms with van der Waals surface area (Å²) in [4.78, 5) is 0. The third kappa shape index (κ3) is 2.06. The zero-order chi connectivity index (χ0) is 10.2. The SMILES string of the molecule is FC(F)(F)OC1CC(c2ccon2)C1. The number of alkyl halides is 3. The molecule has 1 aliphatic carbocycles. The van der Waals surface area contributed by atoms with Crippen molar-refractivity contribution in [2.75, 3.05) is 0 Å². The highest BCUT2D eigenvalue weighted by atomic mass is 19.4. The molecule has 0 unspecified atom stereocenters. The zero-order valence-electron chi connectivity index (χ0n) is 7.12. The van der Waals surface area contributed by atoms with Gasteiger partial charge in [-0.2, -0.15) is 0 Å². The minimum absolute atomic E-state index is 0.0427. The van der Waals surface area contributed by atoms with Gasteiger partial charge in [-0.3, -0.25) is 4.74 Å². The summed E-state index contributed by atoms with van der Waals surface area (Å²) in [5.41, 5.74) is 0.701. The minimum Gasteiger partial charge on any atom is -0.365 e. The molecule has 1 aromatic heterocycles. The first-order valence-corrected chi connectivity index (χ1v) is 4.19. The van der Waals surface area contributed by atoms with Gasteiger partial charge in [-0.05, 0) is 12.8 Å². The molecule has 1 heterocycles. The molecule has 0 saturated heterocycles. The van der Waals surface area contributed by atoms with E-state index in [4.69, 9.17) is 0 Å². The van der Waals surface area contributed by atoms with E-state index in [0.29, 0.717) is 18.5 Å². The molecular weight excluding hydrogens is 199 g/mol. The van der Waals surface area contributed by atoms with E-state index in [1.54, 1.807) is 6.07 Å². The molecule has 1 fully saturated rings. The summed E-state index contributed by atoms with van der Waals surface area (Å²) in [5.74, 6) is 0.0427. The molecule has 0 radical (unpaired) electrons. The third-order valence-electron chi connectivity index (χ3n) is 2.27. The quantitative estimate of drug-likeness (QED) is 0.747. The van der Waals surface area contributed by atoms with Crippen molar-refractivity contribution in [1.29, 1.82) is 0 Å². The van der Waals surface area contributed by atoms with Crippen LogP contribution in [0.2, 0.25) is 0 Å². The molecule has 14 heavy (non-hydrogen) atoms. The van der Waals surface area contributed by atoms with Crippen molar-refractivity contribution < 1.29 is 22.4 Å². The summed E-state index contributed by atoms with van der Waals surface area (Å²) in [7, 11) is 0. The van der Waals surface area contributed by atoms with Crippen LogP contribution < -0.4 is 0 Å². The van der Waals surface area contributed by atoms with Crippen molar-refractivity contribution in [3.8, 4) is 0 Å². The smallest absolute Gasteiger partial charge is 0.365 e. The first kappa shape index (κ1) is 9.51. The summed E-state index contributed by atoms with van der Waals surface area (Å²) >= 11 is 0. The molecule has 0 N–H and O–H groups in total. The van der Waals surface area contributed by atoms with Crippen LogP contribution in [-0.2, 0) is 4.74 Å². The van der Waals surface area contributed by atoms with Gasteiger partial charge in [0.2, 0.25) is 0 Å². The van der Waals surface area contributed by atoms with Crippen molar-refractivity contribution in [2.24, 2.45) is 0 Å². The average Bonchev–Trinajstić information content (AvgIpc) is 2.45. The fourth-order valence-electron chi connectivity index (χ4n) is 1.52. The maximum absolute atomic E-state index is 11.7. The molecule has 2 rings (SSSR count). The second-order valence-corrected chi connectivity index (χ2v) is 3.28. The molecule has 0 aromatic carbocycles. The summed E-state index contributed by atoms with van der Waals surface area (Å²) in [6.07, 6.45) is -3.14. The van der Waals surface area contributed by atoms with Crippen molar-refractivity contribution in [1.82, 2.24) is 5.16 Å². The normalized spacial score (nSPS) is 27.4.